The Morgan fingerprint density at radius 3 is 3.17 bits per heavy atom. The number of aromatic nitrogens is 2. The van der Waals surface area contributed by atoms with Crippen LogP contribution in [0.2, 0.25) is 0 Å². The molecule has 2 aromatic rings. The zero-order chi connectivity index (χ0) is 12.5. The zero-order valence-corrected chi connectivity index (χ0v) is 10.1. The molecule has 5 nitrogen and oxygen atoms in total. The van der Waals surface area contributed by atoms with Crippen LogP contribution in [0.4, 0.5) is 0 Å². The van der Waals surface area contributed by atoms with Gasteiger partial charge in [0.1, 0.15) is 17.6 Å². The van der Waals surface area contributed by atoms with Crippen molar-refractivity contribution in [2.24, 2.45) is 0 Å². The molecule has 0 radical (unpaired) electrons. The molecule has 1 saturated heterocycles. The summed E-state index contributed by atoms with van der Waals surface area (Å²) in [5.74, 6) is 0.418. The number of pyridine rings is 1. The molecule has 0 bridgehead atoms. The van der Waals surface area contributed by atoms with Gasteiger partial charge in [0.2, 0.25) is 0 Å². The van der Waals surface area contributed by atoms with Crippen LogP contribution >= 0.6 is 0 Å². The van der Waals surface area contributed by atoms with E-state index in [9.17, 15) is 4.79 Å². The van der Waals surface area contributed by atoms with Crippen molar-refractivity contribution in [1.29, 1.82) is 0 Å². The van der Waals surface area contributed by atoms with Gasteiger partial charge in [-0.05, 0) is 25.0 Å². The third-order valence-electron chi connectivity index (χ3n) is 3.19. The second-order valence-corrected chi connectivity index (χ2v) is 4.28. The zero-order valence-electron chi connectivity index (χ0n) is 10.1. The van der Waals surface area contributed by atoms with Crippen LogP contribution in [0.25, 0.3) is 5.52 Å². The molecule has 94 valence electrons. The van der Waals surface area contributed by atoms with Gasteiger partial charge in [0.05, 0.1) is 18.8 Å². The molecular weight excluding hydrogens is 232 g/mol. The van der Waals surface area contributed by atoms with Gasteiger partial charge in [0.25, 0.3) is 0 Å². The maximum atomic E-state index is 11.8. The average molecular weight is 246 g/mol. The van der Waals surface area contributed by atoms with Crippen molar-refractivity contribution in [1.82, 2.24) is 9.38 Å². The Bertz CT molecular complexity index is 585. The Labute approximate surface area is 104 Å². The number of hydrogen-bond acceptors (Lipinski definition) is 4. The number of esters is 1. The fourth-order valence-corrected chi connectivity index (χ4v) is 2.34. The van der Waals surface area contributed by atoms with Crippen molar-refractivity contribution in [3.8, 4) is 0 Å². The summed E-state index contributed by atoms with van der Waals surface area (Å²) < 4.78 is 12.3. The largest absolute Gasteiger partial charge is 0.464 e. The molecule has 18 heavy (non-hydrogen) atoms. The molecular formula is C13H14N2O3. The summed E-state index contributed by atoms with van der Waals surface area (Å²) >= 11 is 0. The van der Waals surface area contributed by atoms with Crippen molar-refractivity contribution in [3.05, 3.63) is 35.9 Å². The Balaban J connectivity index is 2.17. The molecule has 0 amide bonds. The van der Waals surface area contributed by atoms with E-state index in [1.54, 1.807) is 12.3 Å². The normalized spacial score (nSPS) is 19.3. The molecule has 1 aliphatic heterocycles. The van der Waals surface area contributed by atoms with Gasteiger partial charge >= 0.3 is 5.97 Å². The molecule has 0 spiro atoms. The predicted octanol–water partition coefficient (Wildman–Crippen LogP) is 1.97. The fraction of sp³-hybridized carbons (Fsp3) is 0.385. The Kier molecular flexibility index (Phi) is 2.76. The Morgan fingerprint density at radius 2 is 2.44 bits per heavy atom. The molecule has 0 aliphatic carbocycles. The lowest BCUT2D eigenvalue weighted by molar-refractivity contribution is 0.0589. The highest BCUT2D eigenvalue weighted by molar-refractivity contribution is 5.88. The Hall–Kier alpha value is -1.88. The number of methoxy groups -OCH3 is 1. The molecule has 1 unspecified atom stereocenters. The van der Waals surface area contributed by atoms with E-state index in [1.165, 1.54) is 7.11 Å². The van der Waals surface area contributed by atoms with E-state index >= 15 is 0 Å². The predicted molar refractivity (Wildman–Crippen MR) is 64.5 cm³/mol. The Morgan fingerprint density at radius 1 is 1.56 bits per heavy atom. The van der Waals surface area contributed by atoms with Crippen molar-refractivity contribution in [2.75, 3.05) is 13.7 Å². The summed E-state index contributed by atoms with van der Waals surface area (Å²) in [5.41, 5.74) is 1.36. The topological polar surface area (TPSA) is 52.8 Å². The molecule has 1 fully saturated rings. The van der Waals surface area contributed by atoms with Gasteiger partial charge in [0.15, 0.2) is 0 Å². The van der Waals surface area contributed by atoms with Gasteiger partial charge in [-0.15, -0.1) is 0 Å². The van der Waals surface area contributed by atoms with Gasteiger partial charge in [-0.3, -0.25) is 4.40 Å². The SMILES string of the molecule is COC(=O)c1cccc2cnc(C3CCCO3)n12. The highest BCUT2D eigenvalue weighted by atomic mass is 16.5. The summed E-state index contributed by atoms with van der Waals surface area (Å²) in [6.07, 6.45) is 3.69. The molecule has 1 aliphatic rings. The van der Waals surface area contributed by atoms with Crippen LogP contribution < -0.4 is 0 Å². The first kappa shape index (κ1) is 11.2. The van der Waals surface area contributed by atoms with Crippen LogP contribution in [0.5, 0.6) is 0 Å². The number of rotatable bonds is 2. The molecule has 2 aromatic heterocycles. The van der Waals surface area contributed by atoms with Crippen LogP contribution in [0.3, 0.4) is 0 Å². The second-order valence-electron chi connectivity index (χ2n) is 4.28. The van der Waals surface area contributed by atoms with E-state index in [0.29, 0.717) is 5.69 Å². The molecule has 3 heterocycles. The summed E-state index contributed by atoms with van der Waals surface area (Å²) in [6, 6.07) is 5.47. The summed E-state index contributed by atoms with van der Waals surface area (Å²) in [5, 5.41) is 0. The van der Waals surface area contributed by atoms with Crippen LogP contribution in [0, 0.1) is 0 Å². The van der Waals surface area contributed by atoms with Gasteiger partial charge in [0, 0.05) is 6.61 Å². The first-order valence-corrected chi connectivity index (χ1v) is 5.97. The van der Waals surface area contributed by atoms with Crippen molar-refractivity contribution < 1.29 is 14.3 Å². The lowest BCUT2D eigenvalue weighted by Crippen LogP contribution is -2.12. The number of fused-ring (bicyclic) bond motifs is 1. The number of hydrogen-bond donors (Lipinski definition) is 0. The summed E-state index contributed by atoms with van der Waals surface area (Å²) in [4.78, 5) is 16.2. The number of carbonyl (C=O) groups excluding carboxylic acids is 1. The molecule has 1 atom stereocenters. The van der Waals surface area contributed by atoms with Crippen molar-refractivity contribution in [3.63, 3.8) is 0 Å². The molecule has 3 rings (SSSR count). The first-order chi connectivity index (χ1) is 8.81. The lowest BCUT2D eigenvalue weighted by Gasteiger charge is -2.11. The van der Waals surface area contributed by atoms with Gasteiger partial charge in [-0.1, -0.05) is 6.07 Å². The number of ether oxygens (including phenoxy) is 2. The number of imidazole rings is 1. The molecule has 0 saturated carbocycles. The van der Waals surface area contributed by atoms with Crippen LogP contribution in [0.15, 0.2) is 24.4 Å². The van der Waals surface area contributed by atoms with Crippen molar-refractivity contribution in [2.45, 2.75) is 18.9 Å². The average Bonchev–Trinajstić information content (AvgIpc) is 3.05. The fourth-order valence-electron chi connectivity index (χ4n) is 2.34. The molecule has 0 aromatic carbocycles. The van der Waals surface area contributed by atoms with Crippen molar-refractivity contribution >= 4 is 11.5 Å². The van der Waals surface area contributed by atoms with E-state index in [-0.39, 0.29) is 12.1 Å². The minimum absolute atomic E-state index is 0.0293. The lowest BCUT2D eigenvalue weighted by atomic mass is 10.2. The number of carbonyl (C=O) groups is 1. The highest BCUT2D eigenvalue weighted by Crippen LogP contribution is 2.28. The van der Waals surface area contributed by atoms with Crippen LogP contribution in [0.1, 0.15) is 35.3 Å². The first-order valence-electron chi connectivity index (χ1n) is 5.97. The third-order valence-corrected chi connectivity index (χ3v) is 3.19. The van der Waals surface area contributed by atoms with E-state index in [1.807, 2.05) is 16.5 Å². The second kappa shape index (κ2) is 4.42. The number of nitrogens with zero attached hydrogens (tertiary/aromatic N) is 2. The third kappa shape index (κ3) is 1.67. The maximum absolute atomic E-state index is 11.8. The summed E-state index contributed by atoms with van der Waals surface area (Å²) in [7, 11) is 1.38. The van der Waals surface area contributed by atoms with Gasteiger partial charge < -0.3 is 9.47 Å². The van der Waals surface area contributed by atoms with E-state index < -0.39 is 0 Å². The monoisotopic (exact) mass is 246 g/mol. The quantitative estimate of drug-likeness (QED) is 0.760. The molecule has 0 N–H and O–H groups in total. The van der Waals surface area contributed by atoms with E-state index in [0.717, 1.165) is 30.8 Å². The maximum Gasteiger partial charge on any atom is 0.355 e. The standard InChI is InChI=1S/C13H14N2O3/c1-17-13(16)10-5-2-4-9-8-14-12(15(9)10)11-6-3-7-18-11/h2,4-5,8,11H,3,6-7H2,1H3. The van der Waals surface area contributed by atoms with E-state index in [4.69, 9.17) is 9.47 Å². The van der Waals surface area contributed by atoms with E-state index in [2.05, 4.69) is 4.98 Å². The summed E-state index contributed by atoms with van der Waals surface area (Å²) in [6.45, 7) is 0.750. The van der Waals surface area contributed by atoms with Crippen LogP contribution in [-0.4, -0.2) is 29.1 Å². The van der Waals surface area contributed by atoms with Gasteiger partial charge in [-0.25, -0.2) is 9.78 Å². The molecule has 5 heteroatoms. The smallest absolute Gasteiger partial charge is 0.355 e. The minimum atomic E-state index is -0.363. The minimum Gasteiger partial charge on any atom is -0.464 e. The van der Waals surface area contributed by atoms with Crippen LogP contribution in [-0.2, 0) is 9.47 Å². The highest BCUT2D eigenvalue weighted by Gasteiger charge is 2.24. The van der Waals surface area contributed by atoms with Gasteiger partial charge in [-0.2, -0.15) is 0 Å².